The Bertz CT molecular complexity index is 781. The molecule has 4 N–H and O–H groups in total. The summed E-state index contributed by atoms with van der Waals surface area (Å²) < 4.78 is 0. The van der Waals surface area contributed by atoms with E-state index in [9.17, 15) is 0 Å². The minimum absolute atomic E-state index is 0.00685. The molecule has 0 heterocycles. The van der Waals surface area contributed by atoms with Gasteiger partial charge in [-0.3, -0.25) is 0 Å². The molecule has 0 saturated heterocycles. The summed E-state index contributed by atoms with van der Waals surface area (Å²) in [5, 5.41) is 1.09. The molecule has 0 fully saturated rings. The van der Waals surface area contributed by atoms with Gasteiger partial charge in [0.1, 0.15) is 0 Å². The van der Waals surface area contributed by atoms with Gasteiger partial charge in [-0.2, -0.15) is 0 Å². The van der Waals surface area contributed by atoms with Crippen molar-refractivity contribution in [1.82, 2.24) is 0 Å². The van der Waals surface area contributed by atoms with Crippen LogP contribution in [-0.4, -0.2) is 0 Å². The Kier molecular flexibility index (Phi) is 4.46. The second-order valence-electron chi connectivity index (χ2n) is 5.41. The molecule has 23 heavy (non-hydrogen) atoms. The molecule has 3 aromatic carbocycles. The Morgan fingerprint density at radius 1 is 0.609 bits per heavy atom. The number of halogens is 2. The van der Waals surface area contributed by atoms with Gasteiger partial charge in [-0.05, 0) is 41.0 Å². The smallest absolute Gasteiger partial charge is 0.0638 e. The molecule has 3 aromatic rings. The molecule has 0 atom stereocenters. The highest BCUT2D eigenvalue weighted by Gasteiger charge is 2.18. The molecule has 0 saturated carbocycles. The van der Waals surface area contributed by atoms with E-state index in [-0.39, 0.29) is 5.92 Å². The molecule has 0 amide bonds. The third-order valence-electron chi connectivity index (χ3n) is 3.85. The first-order valence-corrected chi connectivity index (χ1v) is 7.96. The fourth-order valence-corrected chi connectivity index (χ4v) is 3.05. The van der Waals surface area contributed by atoms with Crippen LogP contribution in [0.25, 0.3) is 0 Å². The Balaban J connectivity index is 2.17. The Labute approximate surface area is 145 Å². The highest BCUT2D eigenvalue weighted by molar-refractivity contribution is 6.33. The van der Waals surface area contributed by atoms with Crippen molar-refractivity contribution in [1.29, 1.82) is 0 Å². The molecule has 0 bridgehead atoms. The quantitative estimate of drug-likeness (QED) is 0.498. The summed E-state index contributed by atoms with van der Waals surface area (Å²) in [6, 6.07) is 21.6. The molecular formula is C19H16Cl2N2. The largest absolute Gasteiger partial charge is 0.398 e. The lowest BCUT2D eigenvalue weighted by Gasteiger charge is -2.20. The number of nitrogens with two attached hydrogens (primary N) is 2. The van der Waals surface area contributed by atoms with Crippen molar-refractivity contribution >= 4 is 34.6 Å². The van der Waals surface area contributed by atoms with E-state index in [2.05, 4.69) is 12.1 Å². The molecule has 0 aliphatic rings. The zero-order chi connectivity index (χ0) is 16.4. The van der Waals surface area contributed by atoms with E-state index in [1.54, 1.807) is 0 Å². The van der Waals surface area contributed by atoms with E-state index < -0.39 is 0 Å². The lowest BCUT2D eigenvalue weighted by atomic mass is 9.85. The molecule has 3 rings (SSSR count). The maximum atomic E-state index is 6.22. The zero-order valence-corrected chi connectivity index (χ0v) is 13.9. The van der Waals surface area contributed by atoms with Crippen LogP contribution < -0.4 is 11.5 Å². The number of rotatable bonds is 3. The van der Waals surface area contributed by atoms with Crippen LogP contribution in [0.5, 0.6) is 0 Å². The van der Waals surface area contributed by atoms with Gasteiger partial charge in [0.15, 0.2) is 0 Å². The van der Waals surface area contributed by atoms with Crippen LogP contribution in [-0.2, 0) is 0 Å². The summed E-state index contributed by atoms with van der Waals surface area (Å²) in [5.74, 6) is 0.00685. The summed E-state index contributed by atoms with van der Waals surface area (Å²) >= 11 is 12.4. The molecular weight excluding hydrogens is 327 g/mol. The summed E-state index contributed by atoms with van der Waals surface area (Å²) in [7, 11) is 0. The molecule has 0 aromatic heterocycles. The summed E-state index contributed by atoms with van der Waals surface area (Å²) in [5.41, 5.74) is 16.1. The van der Waals surface area contributed by atoms with Crippen LogP contribution >= 0.6 is 23.2 Å². The number of hydrogen-bond acceptors (Lipinski definition) is 2. The second kappa shape index (κ2) is 6.53. The van der Waals surface area contributed by atoms with E-state index in [0.29, 0.717) is 21.4 Å². The van der Waals surface area contributed by atoms with Crippen molar-refractivity contribution in [2.45, 2.75) is 5.92 Å². The molecule has 0 radical (unpaired) electrons. The first-order valence-electron chi connectivity index (χ1n) is 7.21. The third kappa shape index (κ3) is 3.29. The van der Waals surface area contributed by atoms with E-state index in [1.165, 1.54) is 0 Å². The van der Waals surface area contributed by atoms with Crippen molar-refractivity contribution in [3.8, 4) is 0 Å². The lowest BCUT2D eigenvalue weighted by Crippen LogP contribution is -2.04. The van der Waals surface area contributed by atoms with Crippen LogP contribution in [0, 0.1) is 0 Å². The predicted octanol–water partition coefficient (Wildman–Crippen LogP) is 5.34. The normalized spacial score (nSPS) is 10.9. The van der Waals surface area contributed by atoms with Gasteiger partial charge in [-0.15, -0.1) is 0 Å². The van der Waals surface area contributed by atoms with Gasteiger partial charge in [0.25, 0.3) is 0 Å². The average molecular weight is 343 g/mol. The maximum Gasteiger partial charge on any atom is 0.0638 e. The standard InChI is InChI=1S/C19H16Cl2N2/c20-15-10-13(6-8-17(15)22)19(12-4-2-1-3-5-12)14-7-9-18(23)16(21)11-14/h1-11,19H,22-23H2. The van der Waals surface area contributed by atoms with Gasteiger partial charge in [0.2, 0.25) is 0 Å². The van der Waals surface area contributed by atoms with Crippen molar-refractivity contribution in [3.63, 3.8) is 0 Å². The molecule has 0 unspecified atom stereocenters. The topological polar surface area (TPSA) is 52.0 Å². The predicted molar refractivity (Wildman–Crippen MR) is 99.1 cm³/mol. The van der Waals surface area contributed by atoms with Gasteiger partial charge in [0, 0.05) is 5.92 Å². The third-order valence-corrected chi connectivity index (χ3v) is 4.50. The minimum atomic E-state index is 0.00685. The molecule has 2 nitrogen and oxygen atoms in total. The molecule has 0 aliphatic carbocycles. The lowest BCUT2D eigenvalue weighted by molar-refractivity contribution is 0.978. The minimum Gasteiger partial charge on any atom is -0.398 e. The highest BCUT2D eigenvalue weighted by atomic mass is 35.5. The van der Waals surface area contributed by atoms with Crippen LogP contribution in [0.2, 0.25) is 10.0 Å². The average Bonchev–Trinajstić information content (AvgIpc) is 2.55. The van der Waals surface area contributed by atoms with E-state index >= 15 is 0 Å². The van der Waals surface area contributed by atoms with Gasteiger partial charge < -0.3 is 11.5 Å². The van der Waals surface area contributed by atoms with Crippen LogP contribution in [0.1, 0.15) is 22.6 Å². The van der Waals surface area contributed by atoms with E-state index in [4.69, 9.17) is 34.7 Å². The first kappa shape index (κ1) is 15.7. The number of benzene rings is 3. The van der Waals surface area contributed by atoms with E-state index in [0.717, 1.165) is 16.7 Å². The summed E-state index contributed by atoms with van der Waals surface area (Å²) in [6.07, 6.45) is 0. The van der Waals surface area contributed by atoms with Crippen molar-refractivity contribution in [3.05, 3.63) is 93.5 Å². The van der Waals surface area contributed by atoms with Crippen molar-refractivity contribution in [2.75, 3.05) is 11.5 Å². The van der Waals surface area contributed by atoms with E-state index in [1.807, 2.05) is 54.6 Å². The van der Waals surface area contributed by atoms with Gasteiger partial charge in [-0.1, -0.05) is 65.7 Å². The number of nitrogen functional groups attached to an aromatic ring is 2. The molecule has 4 heteroatoms. The Morgan fingerprint density at radius 2 is 1.09 bits per heavy atom. The fourth-order valence-electron chi connectivity index (χ4n) is 2.67. The fraction of sp³-hybridized carbons (Fsp3) is 0.0526. The monoisotopic (exact) mass is 342 g/mol. The van der Waals surface area contributed by atoms with Crippen LogP contribution in [0.15, 0.2) is 66.7 Å². The SMILES string of the molecule is Nc1ccc(C(c2ccccc2)c2ccc(N)c(Cl)c2)cc1Cl. The first-order chi connectivity index (χ1) is 11.1. The Morgan fingerprint density at radius 3 is 1.52 bits per heavy atom. The highest BCUT2D eigenvalue weighted by Crippen LogP contribution is 2.36. The maximum absolute atomic E-state index is 6.22. The molecule has 0 spiro atoms. The summed E-state index contributed by atoms with van der Waals surface area (Å²) in [6.45, 7) is 0. The zero-order valence-electron chi connectivity index (χ0n) is 12.3. The van der Waals surface area contributed by atoms with Gasteiger partial charge in [-0.25, -0.2) is 0 Å². The van der Waals surface area contributed by atoms with Crippen molar-refractivity contribution < 1.29 is 0 Å². The second-order valence-corrected chi connectivity index (χ2v) is 6.22. The number of hydrogen-bond donors (Lipinski definition) is 2. The van der Waals surface area contributed by atoms with Crippen LogP contribution in [0.4, 0.5) is 11.4 Å². The molecule has 116 valence electrons. The number of anilines is 2. The van der Waals surface area contributed by atoms with Crippen LogP contribution in [0.3, 0.4) is 0 Å². The molecule has 0 aliphatic heterocycles. The Hall–Kier alpha value is -2.16. The summed E-state index contributed by atoms with van der Waals surface area (Å²) in [4.78, 5) is 0. The van der Waals surface area contributed by atoms with Gasteiger partial charge >= 0.3 is 0 Å². The van der Waals surface area contributed by atoms with Gasteiger partial charge in [0.05, 0.1) is 21.4 Å². The van der Waals surface area contributed by atoms with Crippen molar-refractivity contribution in [2.24, 2.45) is 0 Å².